The molecule has 0 aliphatic rings. The predicted octanol–water partition coefficient (Wildman–Crippen LogP) is 3.86. The summed E-state index contributed by atoms with van der Waals surface area (Å²) in [6.07, 6.45) is 0. The first-order valence-electron chi connectivity index (χ1n) is 7.43. The highest BCUT2D eigenvalue weighted by Gasteiger charge is 2.11. The summed E-state index contributed by atoms with van der Waals surface area (Å²) in [6.45, 7) is 0. The number of carbonyl (C=O) groups excluding carboxylic acids is 1. The number of nitrogens with zero attached hydrogens (tertiary/aromatic N) is 5. The molecule has 0 atom stereocenters. The zero-order chi connectivity index (χ0) is 17.8. The maximum atomic E-state index is 12.4. The topological polar surface area (TPSA) is 122 Å². The summed E-state index contributed by atoms with van der Waals surface area (Å²) in [5.41, 5.74) is 17.3. The van der Waals surface area contributed by atoms with Gasteiger partial charge in [0.15, 0.2) is 0 Å². The number of rotatable bonds is 4. The zero-order valence-corrected chi connectivity index (χ0v) is 13.4. The molecule has 8 nitrogen and oxygen atoms in total. The largest absolute Gasteiger partial charge is 0.399 e. The van der Waals surface area contributed by atoms with Crippen LogP contribution in [0.1, 0.15) is 10.4 Å². The van der Waals surface area contributed by atoms with Gasteiger partial charge in [-0.15, -0.1) is 0 Å². The maximum Gasteiger partial charge on any atom is 0.256 e. The number of anilines is 2. The summed E-state index contributed by atoms with van der Waals surface area (Å²) < 4.78 is 1.60. The van der Waals surface area contributed by atoms with Gasteiger partial charge in [-0.05, 0) is 29.8 Å². The number of carbonyl (C=O) groups is 1. The number of nitrogens with one attached hydrogen (secondary N) is 1. The Morgan fingerprint density at radius 3 is 2.52 bits per heavy atom. The van der Waals surface area contributed by atoms with E-state index in [4.69, 9.17) is 11.3 Å². The van der Waals surface area contributed by atoms with Crippen LogP contribution >= 0.6 is 0 Å². The molecule has 8 heteroatoms. The summed E-state index contributed by atoms with van der Waals surface area (Å²) in [4.78, 5) is 15.1. The second-order valence-corrected chi connectivity index (χ2v) is 5.35. The fourth-order valence-electron chi connectivity index (χ4n) is 2.30. The Kier molecular flexibility index (Phi) is 4.36. The predicted molar refractivity (Wildman–Crippen MR) is 96.3 cm³/mol. The van der Waals surface area contributed by atoms with Crippen molar-refractivity contribution in [3.05, 3.63) is 70.6 Å². The highest BCUT2D eigenvalue weighted by molar-refractivity contribution is 6.04. The molecule has 1 heterocycles. The third-order valence-corrected chi connectivity index (χ3v) is 3.62. The number of benzene rings is 2. The molecule has 0 saturated heterocycles. The van der Waals surface area contributed by atoms with Gasteiger partial charge in [0.2, 0.25) is 0 Å². The lowest BCUT2D eigenvalue weighted by atomic mass is 10.1. The standard InChI is InChI=1S/C17H15N7O/c1-24-16(10-15(22-24)11-2-6-13(18)7-3-11)20-17(25)12-4-8-14(9-5-12)21-23-19/h2-10H,18H2,1H3,(H,20,25). The van der Waals surface area contributed by atoms with E-state index in [0.717, 1.165) is 11.3 Å². The van der Waals surface area contributed by atoms with E-state index in [1.807, 2.05) is 12.1 Å². The van der Waals surface area contributed by atoms with Crippen LogP contribution in [0.15, 0.2) is 59.7 Å². The van der Waals surface area contributed by atoms with Gasteiger partial charge in [-0.3, -0.25) is 9.48 Å². The number of nitrogen functional groups attached to an aromatic ring is 1. The van der Waals surface area contributed by atoms with Gasteiger partial charge in [-0.2, -0.15) is 5.10 Å². The second-order valence-electron chi connectivity index (χ2n) is 5.35. The maximum absolute atomic E-state index is 12.4. The minimum absolute atomic E-state index is 0.278. The van der Waals surface area contributed by atoms with Crippen molar-refractivity contribution in [1.82, 2.24) is 9.78 Å². The number of nitrogens with two attached hydrogens (primary N) is 1. The van der Waals surface area contributed by atoms with Gasteiger partial charge in [-0.25, -0.2) is 0 Å². The van der Waals surface area contributed by atoms with E-state index in [1.165, 1.54) is 0 Å². The number of azide groups is 1. The van der Waals surface area contributed by atoms with Crippen molar-refractivity contribution in [1.29, 1.82) is 0 Å². The Morgan fingerprint density at radius 1 is 1.20 bits per heavy atom. The lowest BCUT2D eigenvalue weighted by Gasteiger charge is -2.05. The molecule has 0 fully saturated rings. The molecule has 0 unspecified atom stereocenters. The molecule has 0 spiro atoms. The van der Waals surface area contributed by atoms with Crippen molar-refractivity contribution in [3.63, 3.8) is 0 Å². The van der Waals surface area contributed by atoms with Crippen LogP contribution < -0.4 is 11.1 Å². The first-order chi connectivity index (χ1) is 12.1. The van der Waals surface area contributed by atoms with Crippen molar-refractivity contribution < 1.29 is 4.79 Å². The number of aromatic nitrogens is 2. The number of aryl methyl sites for hydroxylation is 1. The first-order valence-corrected chi connectivity index (χ1v) is 7.43. The molecule has 25 heavy (non-hydrogen) atoms. The molecule has 0 aliphatic heterocycles. The fourth-order valence-corrected chi connectivity index (χ4v) is 2.30. The summed E-state index contributed by atoms with van der Waals surface area (Å²) >= 11 is 0. The van der Waals surface area contributed by atoms with Crippen LogP contribution in [0.5, 0.6) is 0 Å². The molecule has 1 amide bonds. The van der Waals surface area contributed by atoms with E-state index in [-0.39, 0.29) is 5.91 Å². The van der Waals surface area contributed by atoms with E-state index in [0.29, 0.717) is 22.8 Å². The van der Waals surface area contributed by atoms with E-state index in [2.05, 4.69) is 20.4 Å². The monoisotopic (exact) mass is 333 g/mol. The second kappa shape index (κ2) is 6.77. The quantitative estimate of drug-likeness (QED) is 0.326. The van der Waals surface area contributed by atoms with Crippen LogP contribution in [-0.4, -0.2) is 15.7 Å². The van der Waals surface area contributed by atoms with Gasteiger partial charge in [0.1, 0.15) is 5.82 Å². The smallest absolute Gasteiger partial charge is 0.256 e. The van der Waals surface area contributed by atoms with E-state index < -0.39 is 0 Å². The number of hydrogen-bond donors (Lipinski definition) is 2. The van der Waals surface area contributed by atoms with E-state index in [9.17, 15) is 4.79 Å². The van der Waals surface area contributed by atoms with Gasteiger partial charge in [0.05, 0.1) is 5.69 Å². The normalized spacial score (nSPS) is 10.1. The molecular formula is C17H15N7O. The minimum atomic E-state index is -0.278. The first kappa shape index (κ1) is 16.1. The molecular weight excluding hydrogens is 318 g/mol. The van der Waals surface area contributed by atoms with Crippen molar-refractivity contribution >= 4 is 23.1 Å². The van der Waals surface area contributed by atoms with Gasteiger partial charge in [0, 0.05) is 40.5 Å². The summed E-state index contributed by atoms with van der Waals surface area (Å²) in [7, 11) is 1.75. The average molecular weight is 333 g/mol. The molecule has 3 rings (SSSR count). The Balaban J connectivity index is 1.79. The van der Waals surface area contributed by atoms with E-state index in [1.54, 1.807) is 54.2 Å². The van der Waals surface area contributed by atoms with Crippen molar-refractivity contribution in [2.24, 2.45) is 12.2 Å². The summed E-state index contributed by atoms with van der Waals surface area (Å²) in [5, 5.41) is 10.7. The van der Waals surface area contributed by atoms with Crippen LogP contribution in [0.4, 0.5) is 17.2 Å². The van der Waals surface area contributed by atoms with Crippen molar-refractivity contribution in [3.8, 4) is 11.3 Å². The van der Waals surface area contributed by atoms with Crippen LogP contribution in [0.3, 0.4) is 0 Å². The Labute approximate surface area is 143 Å². The van der Waals surface area contributed by atoms with Crippen molar-refractivity contribution in [2.75, 3.05) is 11.1 Å². The van der Waals surface area contributed by atoms with Crippen LogP contribution in [-0.2, 0) is 7.05 Å². The molecule has 0 bridgehead atoms. The molecule has 2 aromatic carbocycles. The lowest BCUT2D eigenvalue weighted by molar-refractivity contribution is 0.102. The Morgan fingerprint density at radius 2 is 1.88 bits per heavy atom. The van der Waals surface area contributed by atoms with Crippen LogP contribution in [0.2, 0.25) is 0 Å². The Bertz CT molecular complexity index is 952. The SMILES string of the molecule is Cn1nc(-c2ccc(N)cc2)cc1NC(=O)c1ccc(N=[N+]=[N-])cc1. The zero-order valence-electron chi connectivity index (χ0n) is 13.4. The molecule has 0 radical (unpaired) electrons. The highest BCUT2D eigenvalue weighted by atomic mass is 16.1. The van der Waals surface area contributed by atoms with Gasteiger partial charge >= 0.3 is 0 Å². The van der Waals surface area contributed by atoms with Gasteiger partial charge in [-0.1, -0.05) is 29.4 Å². The van der Waals surface area contributed by atoms with Gasteiger partial charge in [0.25, 0.3) is 5.91 Å². The molecule has 124 valence electrons. The van der Waals surface area contributed by atoms with Gasteiger partial charge < -0.3 is 11.1 Å². The van der Waals surface area contributed by atoms with Crippen LogP contribution in [0.25, 0.3) is 21.7 Å². The molecule has 0 saturated carbocycles. The summed E-state index contributed by atoms with van der Waals surface area (Å²) in [5.74, 6) is 0.287. The molecule has 1 aromatic heterocycles. The molecule has 3 aromatic rings. The van der Waals surface area contributed by atoms with Crippen molar-refractivity contribution in [2.45, 2.75) is 0 Å². The number of amides is 1. The molecule has 0 aliphatic carbocycles. The minimum Gasteiger partial charge on any atom is -0.399 e. The Hall–Kier alpha value is -3.77. The molecule has 3 N–H and O–H groups in total. The lowest BCUT2D eigenvalue weighted by Crippen LogP contribution is -2.14. The van der Waals surface area contributed by atoms with Crippen LogP contribution in [0, 0.1) is 0 Å². The van der Waals surface area contributed by atoms with E-state index >= 15 is 0 Å². The number of hydrogen-bond acceptors (Lipinski definition) is 4. The third-order valence-electron chi connectivity index (χ3n) is 3.62. The fraction of sp³-hybridized carbons (Fsp3) is 0.0588. The third kappa shape index (κ3) is 3.60. The summed E-state index contributed by atoms with van der Waals surface area (Å²) in [6, 6.07) is 15.5. The highest BCUT2D eigenvalue weighted by Crippen LogP contribution is 2.23. The average Bonchev–Trinajstić information content (AvgIpc) is 2.97.